The monoisotopic (exact) mass is 192 g/mol. The van der Waals surface area contributed by atoms with E-state index in [1.807, 2.05) is 6.92 Å². The van der Waals surface area contributed by atoms with E-state index in [2.05, 4.69) is 39.3 Å². The Balaban J connectivity index is 2.50. The van der Waals surface area contributed by atoms with Gasteiger partial charge in [0.15, 0.2) is 0 Å². The van der Waals surface area contributed by atoms with Gasteiger partial charge in [-0.05, 0) is 19.9 Å². The Labute approximate surface area is 84.5 Å². The summed E-state index contributed by atoms with van der Waals surface area (Å²) in [5.41, 5.74) is 0. The first kappa shape index (κ1) is 10.7. The van der Waals surface area contributed by atoms with Crippen LogP contribution in [-0.2, 0) is 0 Å². The molecule has 0 saturated carbocycles. The molecule has 76 valence electrons. The average Bonchev–Trinajstić information content (AvgIpc) is 2.70. The van der Waals surface area contributed by atoms with Crippen molar-refractivity contribution in [1.82, 2.24) is 20.5 Å². The number of rotatable bonds is 5. The van der Waals surface area contributed by atoms with Crippen molar-refractivity contribution >= 4 is 0 Å². The summed E-state index contributed by atoms with van der Waals surface area (Å²) in [5, 5.41) is 10.1. The second-order valence-corrected chi connectivity index (χ2v) is 2.95. The zero-order chi connectivity index (χ0) is 10.2. The standard InChI is InChI=1S/C10H16N4/c1-3-5-6-7-9(11-4-2)10-12-8-13-14-10/h8-9,11H,4,6-7H2,1-2H3,(H,12,13,14). The number of nitrogens with one attached hydrogen (secondary N) is 2. The number of hydrogen-bond donors (Lipinski definition) is 2. The zero-order valence-corrected chi connectivity index (χ0v) is 8.67. The van der Waals surface area contributed by atoms with Gasteiger partial charge in [0.2, 0.25) is 0 Å². The van der Waals surface area contributed by atoms with Gasteiger partial charge in [0.25, 0.3) is 0 Å². The van der Waals surface area contributed by atoms with Crippen molar-refractivity contribution < 1.29 is 0 Å². The minimum Gasteiger partial charge on any atom is -0.308 e. The van der Waals surface area contributed by atoms with Gasteiger partial charge in [0.05, 0.1) is 6.04 Å². The summed E-state index contributed by atoms with van der Waals surface area (Å²) in [6.45, 7) is 4.86. The molecule has 1 rings (SSSR count). The molecule has 0 aliphatic carbocycles. The summed E-state index contributed by atoms with van der Waals surface area (Å²) in [7, 11) is 0. The van der Waals surface area contributed by atoms with E-state index in [4.69, 9.17) is 0 Å². The number of aromatic amines is 1. The maximum atomic E-state index is 4.14. The minimum atomic E-state index is 0.239. The van der Waals surface area contributed by atoms with Gasteiger partial charge in [-0.15, -0.1) is 11.8 Å². The van der Waals surface area contributed by atoms with Crippen LogP contribution < -0.4 is 5.32 Å². The topological polar surface area (TPSA) is 53.6 Å². The Kier molecular flexibility index (Phi) is 4.73. The Bertz CT molecular complexity index is 294. The van der Waals surface area contributed by atoms with Crippen molar-refractivity contribution in [3.05, 3.63) is 12.2 Å². The van der Waals surface area contributed by atoms with Crippen LogP contribution in [0.5, 0.6) is 0 Å². The predicted molar refractivity (Wildman–Crippen MR) is 55.5 cm³/mol. The fraction of sp³-hybridized carbons (Fsp3) is 0.600. The van der Waals surface area contributed by atoms with Crippen LogP contribution in [0.15, 0.2) is 6.33 Å². The van der Waals surface area contributed by atoms with E-state index in [1.165, 1.54) is 6.33 Å². The van der Waals surface area contributed by atoms with Crippen molar-refractivity contribution in [2.24, 2.45) is 0 Å². The summed E-state index contributed by atoms with van der Waals surface area (Å²) >= 11 is 0. The lowest BCUT2D eigenvalue weighted by Crippen LogP contribution is -2.21. The highest BCUT2D eigenvalue weighted by atomic mass is 15.2. The molecule has 0 radical (unpaired) electrons. The lowest BCUT2D eigenvalue weighted by Gasteiger charge is -2.12. The molecule has 0 saturated heterocycles. The highest BCUT2D eigenvalue weighted by molar-refractivity contribution is 4.98. The molecule has 1 heterocycles. The smallest absolute Gasteiger partial charge is 0.141 e. The maximum absolute atomic E-state index is 4.14. The molecule has 0 bridgehead atoms. The summed E-state index contributed by atoms with van der Waals surface area (Å²) < 4.78 is 0. The minimum absolute atomic E-state index is 0.239. The van der Waals surface area contributed by atoms with Gasteiger partial charge in [-0.25, -0.2) is 4.98 Å². The van der Waals surface area contributed by atoms with Crippen molar-refractivity contribution in [3.63, 3.8) is 0 Å². The van der Waals surface area contributed by atoms with Crippen LogP contribution in [0.4, 0.5) is 0 Å². The summed E-state index contributed by atoms with van der Waals surface area (Å²) in [6, 6.07) is 0.239. The first-order valence-electron chi connectivity index (χ1n) is 4.86. The van der Waals surface area contributed by atoms with Crippen molar-refractivity contribution in [2.75, 3.05) is 6.54 Å². The van der Waals surface area contributed by atoms with Crippen molar-refractivity contribution in [1.29, 1.82) is 0 Å². The SMILES string of the molecule is CC#CCCC(NCC)c1ncn[nH]1. The van der Waals surface area contributed by atoms with E-state index < -0.39 is 0 Å². The van der Waals surface area contributed by atoms with E-state index in [9.17, 15) is 0 Å². The van der Waals surface area contributed by atoms with E-state index in [1.54, 1.807) is 0 Å². The first-order chi connectivity index (χ1) is 6.88. The predicted octanol–water partition coefficient (Wildman–Crippen LogP) is 1.26. The Morgan fingerprint density at radius 2 is 2.50 bits per heavy atom. The molecule has 1 unspecified atom stereocenters. The molecule has 0 spiro atoms. The molecule has 1 aromatic rings. The summed E-state index contributed by atoms with van der Waals surface area (Å²) in [5.74, 6) is 6.83. The molecule has 0 aliphatic rings. The van der Waals surface area contributed by atoms with E-state index in [0.29, 0.717) is 0 Å². The average molecular weight is 192 g/mol. The lowest BCUT2D eigenvalue weighted by atomic mass is 10.1. The van der Waals surface area contributed by atoms with Crippen LogP contribution in [-0.4, -0.2) is 21.7 Å². The van der Waals surface area contributed by atoms with Crippen LogP contribution in [0, 0.1) is 11.8 Å². The van der Waals surface area contributed by atoms with Crippen LogP contribution in [0.25, 0.3) is 0 Å². The van der Waals surface area contributed by atoms with E-state index in [0.717, 1.165) is 25.2 Å². The molecule has 0 aliphatic heterocycles. The second kappa shape index (κ2) is 6.17. The molecule has 1 atom stereocenters. The van der Waals surface area contributed by atoms with Crippen LogP contribution in [0.3, 0.4) is 0 Å². The Hall–Kier alpha value is -1.34. The molecular weight excluding hydrogens is 176 g/mol. The van der Waals surface area contributed by atoms with Gasteiger partial charge >= 0.3 is 0 Å². The van der Waals surface area contributed by atoms with Crippen LogP contribution >= 0.6 is 0 Å². The maximum Gasteiger partial charge on any atom is 0.141 e. The van der Waals surface area contributed by atoms with Crippen LogP contribution in [0.1, 0.15) is 38.6 Å². The fourth-order valence-electron chi connectivity index (χ4n) is 1.31. The molecule has 14 heavy (non-hydrogen) atoms. The molecular formula is C10H16N4. The number of aromatic nitrogens is 3. The Morgan fingerprint density at radius 1 is 1.64 bits per heavy atom. The normalized spacial score (nSPS) is 11.9. The van der Waals surface area contributed by atoms with Gasteiger partial charge in [-0.2, -0.15) is 5.10 Å². The number of hydrogen-bond acceptors (Lipinski definition) is 3. The molecule has 1 aromatic heterocycles. The van der Waals surface area contributed by atoms with Crippen LogP contribution in [0.2, 0.25) is 0 Å². The quantitative estimate of drug-likeness (QED) is 0.690. The highest BCUT2D eigenvalue weighted by Gasteiger charge is 2.11. The van der Waals surface area contributed by atoms with E-state index in [-0.39, 0.29) is 6.04 Å². The lowest BCUT2D eigenvalue weighted by molar-refractivity contribution is 0.498. The molecule has 4 heteroatoms. The summed E-state index contributed by atoms with van der Waals surface area (Å²) in [6.07, 6.45) is 3.38. The van der Waals surface area contributed by atoms with Crippen molar-refractivity contribution in [2.45, 2.75) is 32.7 Å². The second-order valence-electron chi connectivity index (χ2n) is 2.95. The molecule has 0 amide bonds. The zero-order valence-electron chi connectivity index (χ0n) is 8.67. The fourth-order valence-corrected chi connectivity index (χ4v) is 1.31. The van der Waals surface area contributed by atoms with Gasteiger partial charge < -0.3 is 5.32 Å². The molecule has 2 N–H and O–H groups in total. The van der Waals surface area contributed by atoms with E-state index >= 15 is 0 Å². The van der Waals surface area contributed by atoms with Gasteiger partial charge in [0, 0.05) is 6.42 Å². The third-order valence-electron chi connectivity index (χ3n) is 1.95. The Morgan fingerprint density at radius 3 is 3.07 bits per heavy atom. The van der Waals surface area contributed by atoms with Gasteiger partial charge in [-0.3, -0.25) is 5.10 Å². The first-order valence-corrected chi connectivity index (χ1v) is 4.86. The third kappa shape index (κ3) is 3.19. The van der Waals surface area contributed by atoms with Crippen molar-refractivity contribution in [3.8, 4) is 11.8 Å². The summed E-state index contributed by atoms with van der Waals surface area (Å²) in [4.78, 5) is 4.14. The highest BCUT2D eigenvalue weighted by Crippen LogP contribution is 2.12. The number of H-pyrrole nitrogens is 1. The largest absolute Gasteiger partial charge is 0.308 e. The molecule has 4 nitrogen and oxygen atoms in total. The molecule has 0 fully saturated rings. The van der Waals surface area contributed by atoms with Gasteiger partial charge in [-0.1, -0.05) is 6.92 Å². The van der Waals surface area contributed by atoms with Gasteiger partial charge in [0.1, 0.15) is 12.2 Å². The third-order valence-corrected chi connectivity index (χ3v) is 1.95. The molecule has 0 aromatic carbocycles. The number of nitrogens with zero attached hydrogens (tertiary/aromatic N) is 2.